The Bertz CT molecular complexity index is 697. The Morgan fingerprint density at radius 1 is 1.23 bits per heavy atom. The Hall–Kier alpha value is -2.28. The third kappa shape index (κ3) is 4.11. The van der Waals surface area contributed by atoms with Crippen LogP contribution in [0.4, 0.5) is 5.13 Å². The fraction of sp³-hybridized carbons (Fsp3) is 0.333. The van der Waals surface area contributed by atoms with E-state index in [2.05, 4.69) is 15.5 Å². The number of aryl methyl sites for hydroxylation is 2. The van der Waals surface area contributed by atoms with Crippen molar-refractivity contribution in [2.75, 3.05) is 11.9 Å². The van der Waals surface area contributed by atoms with Crippen molar-refractivity contribution in [1.29, 1.82) is 0 Å². The van der Waals surface area contributed by atoms with E-state index in [-0.39, 0.29) is 18.3 Å². The highest BCUT2D eigenvalue weighted by molar-refractivity contribution is 7.15. The predicted molar refractivity (Wildman–Crippen MR) is 84.1 cm³/mol. The maximum absolute atomic E-state index is 12.1. The lowest BCUT2D eigenvalue weighted by Crippen LogP contribution is -2.12. The molecule has 0 saturated carbocycles. The minimum atomic E-state index is -0.356. The zero-order chi connectivity index (χ0) is 16.1. The van der Waals surface area contributed by atoms with Crippen LogP contribution in [0.1, 0.15) is 33.4 Å². The zero-order valence-corrected chi connectivity index (χ0v) is 13.5. The highest BCUT2D eigenvalue weighted by Gasteiger charge is 2.13. The number of amides is 1. The lowest BCUT2D eigenvalue weighted by Gasteiger charge is -2.04. The van der Waals surface area contributed by atoms with E-state index in [0.29, 0.717) is 22.3 Å². The Morgan fingerprint density at radius 2 is 2.00 bits per heavy atom. The van der Waals surface area contributed by atoms with Crippen molar-refractivity contribution in [2.45, 2.75) is 27.2 Å². The van der Waals surface area contributed by atoms with Crippen molar-refractivity contribution in [1.82, 2.24) is 10.2 Å². The number of ether oxygens (including phenoxy) is 1. The lowest BCUT2D eigenvalue weighted by atomic mass is 10.1. The molecule has 1 aromatic heterocycles. The van der Waals surface area contributed by atoms with Crippen molar-refractivity contribution in [3.63, 3.8) is 0 Å². The number of aromatic nitrogens is 2. The first-order chi connectivity index (χ1) is 10.5. The van der Waals surface area contributed by atoms with E-state index in [9.17, 15) is 9.59 Å². The van der Waals surface area contributed by atoms with Crippen LogP contribution < -0.4 is 5.32 Å². The minimum absolute atomic E-state index is 0.0605. The quantitative estimate of drug-likeness (QED) is 0.856. The van der Waals surface area contributed by atoms with Crippen molar-refractivity contribution in [3.8, 4) is 0 Å². The molecule has 0 saturated heterocycles. The summed E-state index contributed by atoms with van der Waals surface area (Å²) in [7, 11) is 0. The highest BCUT2D eigenvalue weighted by Crippen LogP contribution is 2.18. The van der Waals surface area contributed by atoms with Crippen LogP contribution in [0.15, 0.2) is 18.2 Å². The average molecular weight is 319 g/mol. The van der Waals surface area contributed by atoms with Gasteiger partial charge >= 0.3 is 5.97 Å². The smallest absolute Gasteiger partial charge is 0.312 e. The second-order valence-corrected chi connectivity index (χ2v) is 5.80. The Kier molecular flexibility index (Phi) is 5.21. The molecule has 6 nitrogen and oxygen atoms in total. The van der Waals surface area contributed by atoms with Crippen molar-refractivity contribution >= 4 is 28.3 Å². The second kappa shape index (κ2) is 7.13. The molecule has 7 heteroatoms. The molecule has 0 aliphatic rings. The molecule has 1 N–H and O–H groups in total. The van der Waals surface area contributed by atoms with E-state index in [1.165, 1.54) is 0 Å². The maximum Gasteiger partial charge on any atom is 0.312 e. The number of carbonyl (C=O) groups is 2. The van der Waals surface area contributed by atoms with Crippen molar-refractivity contribution in [3.05, 3.63) is 39.9 Å². The molecule has 22 heavy (non-hydrogen) atoms. The van der Waals surface area contributed by atoms with Crippen LogP contribution in [-0.2, 0) is 16.0 Å². The van der Waals surface area contributed by atoms with Crippen LogP contribution in [-0.4, -0.2) is 28.7 Å². The van der Waals surface area contributed by atoms with E-state index < -0.39 is 0 Å². The van der Waals surface area contributed by atoms with E-state index in [1.807, 2.05) is 26.0 Å². The SMILES string of the molecule is CCOC(=O)Cc1nnc(NC(=O)c2ccc(C)c(C)c2)s1. The predicted octanol–water partition coefficient (Wildman–Crippen LogP) is 2.51. The summed E-state index contributed by atoms with van der Waals surface area (Å²) in [5.74, 6) is -0.604. The van der Waals surface area contributed by atoms with Gasteiger partial charge in [0.15, 0.2) is 0 Å². The van der Waals surface area contributed by atoms with Gasteiger partial charge in [0.05, 0.1) is 13.0 Å². The van der Waals surface area contributed by atoms with E-state index in [0.717, 1.165) is 22.5 Å². The van der Waals surface area contributed by atoms with Gasteiger partial charge in [0.2, 0.25) is 5.13 Å². The molecule has 0 aliphatic heterocycles. The van der Waals surface area contributed by atoms with Gasteiger partial charge in [-0.3, -0.25) is 14.9 Å². The summed E-state index contributed by atoms with van der Waals surface area (Å²) < 4.78 is 4.84. The Morgan fingerprint density at radius 3 is 2.68 bits per heavy atom. The minimum Gasteiger partial charge on any atom is -0.466 e. The normalized spacial score (nSPS) is 10.3. The molecule has 0 aliphatic carbocycles. The van der Waals surface area contributed by atoms with E-state index in [4.69, 9.17) is 4.74 Å². The van der Waals surface area contributed by atoms with Crippen molar-refractivity contribution in [2.24, 2.45) is 0 Å². The fourth-order valence-electron chi connectivity index (χ4n) is 1.76. The molecular formula is C15H17N3O3S. The van der Waals surface area contributed by atoms with Gasteiger partial charge in [0.25, 0.3) is 5.91 Å². The Balaban J connectivity index is 2.01. The molecule has 2 rings (SSSR count). The van der Waals surface area contributed by atoms with Gasteiger partial charge in [0, 0.05) is 5.56 Å². The summed E-state index contributed by atoms with van der Waals surface area (Å²) in [6, 6.07) is 5.49. The number of benzene rings is 1. The molecule has 2 aromatic rings. The number of nitrogens with one attached hydrogen (secondary N) is 1. The standard InChI is InChI=1S/C15H17N3O3S/c1-4-21-13(19)8-12-17-18-15(22-12)16-14(20)11-6-5-9(2)10(3)7-11/h5-7H,4,8H2,1-3H3,(H,16,18,20). The third-order valence-electron chi connectivity index (χ3n) is 3.06. The van der Waals surface area contributed by atoms with E-state index >= 15 is 0 Å². The summed E-state index contributed by atoms with van der Waals surface area (Å²) in [5.41, 5.74) is 2.74. The Labute approximate surface area is 132 Å². The summed E-state index contributed by atoms with van der Waals surface area (Å²) in [6.45, 7) is 6.01. The zero-order valence-electron chi connectivity index (χ0n) is 12.7. The van der Waals surface area contributed by atoms with Crippen LogP contribution >= 0.6 is 11.3 Å². The van der Waals surface area contributed by atoms with Gasteiger partial charge in [-0.2, -0.15) is 0 Å². The largest absolute Gasteiger partial charge is 0.466 e. The number of hydrogen-bond acceptors (Lipinski definition) is 6. The number of rotatable bonds is 5. The lowest BCUT2D eigenvalue weighted by molar-refractivity contribution is -0.142. The summed E-state index contributed by atoms with van der Waals surface area (Å²) in [4.78, 5) is 23.5. The van der Waals surface area contributed by atoms with Crippen LogP contribution in [0, 0.1) is 13.8 Å². The van der Waals surface area contributed by atoms with Crippen molar-refractivity contribution < 1.29 is 14.3 Å². The van der Waals surface area contributed by atoms with Crippen LogP contribution in [0.3, 0.4) is 0 Å². The van der Waals surface area contributed by atoms with Crippen LogP contribution in [0.5, 0.6) is 0 Å². The molecule has 0 bridgehead atoms. The molecule has 1 amide bonds. The number of nitrogens with zero attached hydrogens (tertiary/aromatic N) is 2. The molecule has 116 valence electrons. The van der Waals surface area contributed by atoms with Gasteiger partial charge in [-0.15, -0.1) is 10.2 Å². The molecule has 0 atom stereocenters. The first-order valence-corrected chi connectivity index (χ1v) is 7.68. The monoisotopic (exact) mass is 319 g/mol. The van der Waals surface area contributed by atoms with Crippen LogP contribution in [0.2, 0.25) is 0 Å². The maximum atomic E-state index is 12.1. The molecule has 0 radical (unpaired) electrons. The van der Waals surface area contributed by atoms with Gasteiger partial charge in [0.1, 0.15) is 5.01 Å². The molecule has 1 aromatic carbocycles. The third-order valence-corrected chi connectivity index (χ3v) is 3.90. The number of anilines is 1. The topological polar surface area (TPSA) is 81.2 Å². The van der Waals surface area contributed by atoms with Crippen LogP contribution in [0.25, 0.3) is 0 Å². The molecule has 0 unspecified atom stereocenters. The summed E-state index contributed by atoms with van der Waals surface area (Å²) in [5, 5.41) is 11.3. The first-order valence-electron chi connectivity index (χ1n) is 6.86. The number of hydrogen-bond donors (Lipinski definition) is 1. The number of esters is 1. The van der Waals surface area contributed by atoms with E-state index in [1.54, 1.807) is 13.0 Å². The van der Waals surface area contributed by atoms with Gasteiger partial charge in [-0.1, -0.05) is 17.4 Å². The van der Waals surface area contributed by atoms with Gasteiger partial charge in [-0.05, 0) is 44.0 Å². The van der Waals surface area contributed by atoms with Gasteiger partial charge < -0.3 is 4.74 Å². The second-order valence-electron chi connectivity index (χ2n) is 4.74. The molecule has 0 spiro atoms. The summed E-state index contributed by atoms with van der Waals surface area (Å²) >= 11 is 1.16. The molecule has 1 heterocycles. The average Bonchev–Trinajstić information content (AvgIpc) is 2.89. The fourth-order valence-corrected chi connectivity index (χ4v) is 2.48. The molecular weight excluding hydrogens is 302 g/mol. The molecule has 0 fully saturated rings. The summed E-state index contributed by atoms with van der Waals surface area (Å²) in [6.07, 6.45) is 0.0605. The first kappa shape index (κ1) is 16.1. The number of carbonyl (C=O) groups excluding carboxylic acids is 2. The van der Waals surface area contributed by atoms with Gasteiger partial charge in [-0.25, -0.2) is 0 Å². The highest BCUT2D eigenvalue weighted by atomic mass is 32.1.